The van der Waals surface area contributed by atoms with E-state index in [1.807, 2.05) is 0 Å². The van der Waals surface area contributed by atoms with Crippen molar-refractivity contribution in [1.29, 1.82) is 0 Å². The molecule has 6 nitrogen and oxygen atoms in total. The average molecular weight is 362 g/mol. The van der Waals surface area contributed by atoms with Gasteiger partial charge in [0, 0.05) is 17.3 Å². The van der Waals surface area contributed by atoms with Crippen LogP contribution in [0.4, 0.5) is 0 Å². The van der Waals surface area contributed by atoms with E-state index in [9.17, 15) is 29.7 Å². The number of carboxylic acid groups (broad SMARTS) is 2. The summed E-state index contributed by atoms with van der Waals surface area (Å²) >= 11 is 0. The lowest BCUT2D eigenvalue weighted by Crippen LogP contribution is -2.52. The fourth-order valence-electron chi connectivity index (χ4n) is 7.61. The third-order valence-electron chi connectivity index (χ3n) is 8.46. The zero-order valence-corrected chi connectivity index (χ0v) is 15.0. The highest BCUT2D eigenvalue weighted by Gasteiger charge is 2.77. The van der Waals surface area contributed by atoms with Crippen LogP contribution in [0.1, 0.15) is 45.4 Å². The normalized spacial score (nSPS) is 52.2. The second-order valence-corrected chi connectivity index (χ2v) is 9.33. The largest absolute Gasteiger partial charge is 0.481 e. The molecule has 0 aliphatic heterocycles. The number of carbonyl (C=O) groups is 3. The Balaban J connectivity index is 1.98. The Morgan fingerprint density at radius 1 is 1.27 bits per heavy atom. The Morgan fingerprint density at radius 2 is 1.96 bits per heavy atom. The van der Waals surface area contributed by atoms with Crippen molar-refractivity contribution in [2.75, 3.05) is 0 Å². The Labute approximate surface area is 152 Å². The molecule has 0 aromatic carbocycles. The first-order valence-corrected chi connectivity index (χ1v) is 9.42. The standard InChI is InChI=1S/C20H26O6/c1-10-7-20-8-11(10)12(22)6-13(20)19(9-21)5-3-4-18(2,17(25)26)15(19)14(20)16(23)24/h9,11-15,22H,1,3-8H2,2H3,(H,23,24)(H,25,26)/t11-,12+,13+,14-,15-,18-,19-,20+/m1/s1. The van der Waals surface area contributed by atoms with Crippen molar-refractivity contribution in [2.45, 2.75) is 51.6 Å². The lowest BCUT2D eigenvalue weighted by molar-refractivity contribution is -0.167. The number of carboxylic acids is 2. The molecule has 0 amide bonds. The highest BCUT2D eigenvalue weighted by atomic mass is 16.4. The summed E-state index contributed by atoms with van der Waals surface area (Å²) in [6.07, 6.45) is 3.00. The van der Waals surface area contributed by atoms with Gasteiger partial charge in [0.2, 0.25) is 0 Å². The van der Waals surface area contributed by atoms with Gasteiger partial charge < -0.3 is 20.1 Å². The predicted molar refractivity (Wildman–Crippen MR) is 91.1 cm³/mol. The summed E-state index contributed by atoms with van der Waals surface area (Å²) in [4.78, 5) is 37.1. The Morgan fingerprint density at radius 3 is 2.54 bits per heavy atom. The summed E-state index contributed by atoms with van der Waals surface area (Å²) in [5, 5.41) is 30.8. The molecule has 26 heavy (non-hydrogen) atoms. The summed E-state index contributed by atoms with van der Waals surface area (Å²) in [5.74, 6) is -4.13. The average Bonchev–Trinajstić information content (AvgIpc) is 3.00. The Kier molecular flexibility index (Phi) is 3.53. The SMILES string of the molecule is C=C1C[C@]23C[C@H]1[C@@H](O)C[C@H]2[C@]1(C=O)CCC[C@@](C)(C(=O)O)[C@H]1[C@@H]3C(=O)O. The van der Waals surface area contributed by atoms with Crippen LogP contribution in [0.2, 0.25) is 0 Å². The van der Waals surface area contributed by atoms with Crippen molar-refractivity contribution >= 4 is 18.2 Å². The lowest BCUT2D eigenvalue weighted by Gasteiger charge is -2.49. The van der Waals surface area contributed by atoms with E-state index in [0.717, 1.165) is 11.9 Å². The highest BCUT2D eigenvalue weighted by Crippen LogP contribution is 2.77. The first-order chi connectivity index (χ1) is 12.1. The molecule has 3 N–H and O–H groups in total. The van der Waals surface area contributed by atoms with Gasteiger partial charge in [-0.15, -0.1) is 0 Å². The fraction of sp³-hybridized carbons (Fsp3) is 0.750. The van der Waals surface area contributed by atoms with Gasteiger partial charge in [-0.25, -0.2) is 0 Å². The molecule has 2 bridgehead atoms. The van der Waals surface area contributed by atoms with Crippen LogP contribution < -0.4 is 0 Å². The minimum absolute atomic E-state index is 0.145. The van der Waals surface area contributed by atoms with Gasteiger partial charge in [0.05, 0.1) is 17.4 Å². The van der Waals surface area contributed by atoms with Crippen LogP contribution in [-0.4, -0.2) is 39.6 Å². The molecular weight excluding hydrogens is 336 g/mol. The third-order valence-corrected chi connectivity index (χ3v) is 8.46. The molecule has 4 aliphatic carbocycles. The van der Waals surface area contributed by atoms with E-state index in [1.165, 1.54) is 0 Å². The smallest absolute Gasteiger partial charge is 0.309 e. The topological polar surface area (TPSA) is 112 Å². The van der Waals surface area contributed by atoms with E-state index in [0.29, 0.717) is 38.5 Å². The lowest BCUT2D eigenvalue weighted by atomic mass is 9.53. The highest BCUT2D eigenvalue weighted by molar-refractivity contribution is 5.82. The number of carbonyl (C=O) groups excluding carboxylic acids is 1. The molecule has 0 radical (unpaired) electrons. The zero-order chi connectivity index (χ0) is 19.1. The number of hydrogen-bond donors (Lipinski definition) is 3. The van der Waals surface area contributed by atoms with E-state index in [4.69, 9.17) is 0 Å². The quantitative estimate of drug-likeness (QED) is 0.524. The van der Waals surface area contributed by atoms with E-state index in [-0.39, 0.29) is 11.8 Å². The Hall–Kier alpha value is -1.69. The molecule has 0 aromatic heterocycles. The maximum absolute atomic E-state index is 12.5. The molecule has 6 heteroatoms. The van der Waals surface area contributed by atoms with Crippen molar-refractivity contribution in [3.8, 4) is 0 Å². The molecule has 4 aliphatic rings. The molecule has 0 aromatic rings. The van der Waals surface area contributed by atoms with Gasteiger partial charge in [-0.2, -0.15) is 0 Å². The number of aldehydes is 1. The molecule has 4 fully saturated rings. The van der Waals surface area contributed by atoms with Crippen LogP contribution in [0.5, 0.6) is 0 Å². The van der Waals surface area contributed by atoms with E-state index >= 15 is 0 Å². The van der Waals surface area contributed by atoms with Crippen molar-refractivity contribution in [3.05, 3.63) is 12.2 Å². The monoisotopic (exact) mass is 362 g/mol. The van der Waals surface area contributed by atoms with Gasteiger partial charge in [0.25, 0.3) is 0 Å². The maximum atomic E-state index is 12.5. The van der Waals surface area contributed by atoms with E-state index < -0.39 is 46.1 Å². The fourth-order valence-corrected chi connectivity index (χ4v) is 7.61. The number of fused-ring (bicyclic) bond motifs is 3. The minimum Gasteiger partial charge on any atom is -0.481 e. The van der Waals surface area contributed by atoms with Gasteiger partial charge in [-0.3, -0.25) is 9.59 Å². The van der Waals surface area contributed by atoms with Crippen molar-refractivity contribution < 1.29 is 29.7 Å². The molecular formula is C20H26O6. The Bertz CT molecular complexity index is 715. The van der Waals surface area contributed by atoms with Crippen molar-refractivity contribution in [2.24, 2.45) is 39.9 Å². The second-order valence-electron chi connectivity index (χ2n) is 9.33. The van der Waals surface area contributed by atoms with E-state index in [1.54, 1.807) is 6.92 Å². The molecule has 8 atom stereocenters. The summed E-state index contributed by atoms with van der Waals surface area (Å²) < 4.78 is 0. The zero-order valence-electron chi connectivity index (χ0n) is 15.0. The maximum Gasteiger partial charge on any atom is 0.309 e. The molecule has 4 saturated carbocycles. The van der Waals surface area contributed by atoms with Crippen LogP contribution in [0.3, 0.4) is 0 Å². The minimum atomic E-state index is -1.25. The van der Waals surface area contributed by atoms with Crippen LogP contribution in [0, 0.1) is 39.9 Å². The molecule has 0 saturated heterocycles. The first kappa shape index (κ1) is 17.7. The van der Waals surface area contributed by atoms with Crippen LogP contribution in [-0.2, 0) is 14.4 Å². The second kappa shape index (κ2) is 5.18. The summed E-state index contributed by atoms with van der Waals surface area (Å²) in [5.41, 5.74) is -2.06. The third kappa shape index (κ3) is 1.79. The van der Waals surface area contributed by atoms with Crippen LogP contribution in [0.15, 0.2) is 12.2 Å². The molecule has 1 spiro atoms. The van der Waals surface area contributed by atoms with Gasteiger partial charge in [0.1, 0.15) is 6.29 Å². The summed E-state index contributed by atoms with van der Waals surface area (Å²) in [7, 11) is 0. The predicted octanol–water partition coefficient (Wildman–Crippen LogP) is 2.11. The van der Waals surface area contributed by atoms with Gasteiger partial charge in [0.15, 0.2) is 0 Å². The number of hydrogen-bond acceptors (Lipinski definition) is 4. The molecule has 142 valence electrons. The number of rotatable bonds is 3. The molecule has 0 heterocycles. The van der Waals surface area contributed by atoms with Gasteiger partial charge in [-0.1, -0.05) is 18.6 Å². The number of aliphatic hydroxyl groups excluding tert-OH is 1. The van der Waals surface area contributed by atoms with Crippen LogP contribution >= 0.6 is 0 Å². The van der Waals surface area contributed by atoms with Crippen molar-refractivity contribution in [3.63, 3.8) is 0 Å². The summed E-state index contributed by atoms with van der Waals surface area (Å²) in [6, 6.07) is 0. The molecule has 0 unspecified atom stereocenters. The first-order valence-electron chi connectivity index (χ1n) is 9.42. The van der Waals surface area contributed by atoms with Crippen molar-refractivity contribution in [1.82, 2.24) is 0 Å². The van der Waals surface area contributed by atoms with Gasteiger partial charge >= 0.3 is 11.9 Å². The number of aliphatic carboxylic acids is 2. The number of aliphatic hydroxyl groups is 1. The van der Waals surface area contributed by atoms with Crippen LogP contribution in [0.25, 0.3) is 0 Å². The molecule has 4 rings (SSSR count). The summed E-state index contributed by atoms with van der Waals surface area (Å²) in [6.45, 7) is 5.69. The van der Waals surface area contributed by atoms with E-state index in [2.05, 4.69) is 6.58 Å². The van der Waals surface area contributed by atoms with Gasteiger partial charge in [-0.05, 0) is 50.4 Å².